The van der Waals surface area contributed by atoms with Gasteiger partial charge in [-0.2, -0.15) is 5.10 Å². The van der Waals surface area contributed by atoms with Crippen LogP contribution in [0.25, 0.3) is 11.3 Å². The standard InChI is InChI=1S/C29H26ClF3N8O2/c1-3-20-27(40-12-15-4-5-17(15)29(40)43)35-11-21(38-20)14(2)41-13-16(8-36-41)37-28(42)23-10-34-9-22(39-23)24-18(26(32)33)6-7-19(30)25(24)31/h6-11,13-15,17,26H,3-5,12H2,1-2H3,(H,37,42)/t14?,15-,17-/m1/s1. The average molecular weight is 611 g/mol. The van der Waals surface area contributed by atoms with Crippen molar-refractivity contribution in [1.29, 1.82) is 0 Å². The Labute approximate surface area is 249 Å². The molecule has 1 aliphatic carbocycles. The third-order valence-electron chi connectivity index (χ3n) is 8.02. The number of halogens is 4. The van der Waals surface area contributed by atoms with E-state index in [0.717, 1.165) is 43.1 Å². The quantitative estimate of drug-likeness (QED) is 0.274. The lowest BCUT2D eigenvalue weighted by Gasteiger charge is -2.25. The Morgan fingerprint density at radius 1 is 1.16 bits per heavy atom. The number of alkyl halides is 2. The van der Waals surface area contributed by atoms with Gasteiger partial charge >= 0.3 is 0 Å². The van der Waals surface area contributed by atoms with E-state index in [1.807, 2.05) is 13.8 Å². The smallest absolute Gasteiger partial charge is 0.275 e. The minimum Gasteiger partial charge on any atom is -0.318 e. The molecule has 3 atom stereocenters. The first kappa shape index (κ1) is 28.7. The lowest BCUT2D eigenvalue weighted by atomic mass is 9.76. The number of carbonyl (C=O) groups excluding carboxylic acids is 2. The molecule has 1 aromatic carbocycles. The predicted octanol–water partition coefficient (Wildman–Crippen LogP) is 5.66. The van der Waals surface area contributed by atoms with Crippen molar-refractivity contribution in [2.24, 2.45) is 11.8 Å². The Bertz CT molecular complexity index is 1730. The molecule has 1 saturated carbocycles. The molecule has 1 unspecified atom stereocenters. The van der Waals surface area contributed by atoms with Crippen LogP contribution in [-0.4, -0.2) is 48.1 Å². The van der Waals surface area contributed by atoms with Gasteiger partial charge in [0.05, 0.1) is 58.6 Å². The second-order valence-electron chi connectivity index (χ2n) is 10.6. The summed E-state index contributed by atoms with van der Waals surface area (Å²) in [5.41, 5.74) is 0.0556. The van der Waals surface area contributed by atoms with Crippen molar-refractivity contribution in [1.82, 2.24) is 29.7 Å². The van der Waals surface area contributed by atoms with Gasteiger partial charge in [-0.25, -0.2) is 23.1 Å². The van der Waals surface area contributed by atoms with Gasteiger partial charge in [-0.15, -0.1) is 0 Å². The maximum atomic E-state index is 14.7. The van der Waals surface area contributed by atoms with Crippen molar-refractivity contribution in [3.8, 4) is 11.3 Å². The highest BCUT2D eigenvalue weighted by atomic mass is 35.5. The fourth-order valence-corrected chi connectivity index (χ4v) is 5.63. The number of amides is 2. The van der Waals surface area contributed by atoms with Crippen LogP contribution >= 0.6 is 11.6 Å². The summed E-state index contributed by atoms with van der Waals surface area (Å²) in [5.74, 6) is -0.558. The molecule has 0 bridgehead atoms. The Hall–Kier alpha value is -4.39. The van der Waals surface area contributed by atoms with Crippen LogP contribution < -0.4 is 10.2 Å². The van der Waals surface area contributed by atoms with Crippen LogP contribution in [0.4, 0.5) is 24.7 Å². The molecule has 1 aliphatic heterocycles. The van der Waals surface area contributed by atoms with Crippen LogP contribution in [0.5, 0.6) is 0 Å². The number of carbonyl (C=O) groups is 2. The van der Waals surface area contributed by atoms with E-state index in [2.05, 4.69) is 25.4 Å². The molecule has 2 amide bonds. The van der Waals surface area contributed by atoms with Crippen molar-refractivity contribution >= 4 is 34.9 Å². The fourth-order valence-electron chi connectivity index (χ4n) is 5.48. The number of aromatic nitrogens is 6. The molecule has 2 fully saturated rings. The predicted molar refractivity (Wildman–Crippen MR) is 151 cm³/mol. The molecule has 1 N–H and O–H groups in total. The Morgan fingerprint density at radius 2 is 1.98 bits per heavy atom. The highest BCUT2D eigenvalue weighted by Crippen LogP contribution is 2.43. The summed E-state index contributed by atoms with van der Waals surface area (Å²) >= 11 is 5.81. The summed E-state index contributed by atoms with van der Waals surface area (Å²) in [5, 5.41) is 6.62. The minimum atomic E-state index is -3.00. The number of rotatable bonds is 8. The van der Waals surface area contributed by atoms with Gasteiger partial charge < -0.3 is 5.32 Å². The second kappa shape index (κ2) is 11.4. The van der Waals surface area contributed by atoms with Crippen LogP contribution in [0.1, 0.15) is 66.6 Å². The third-order valence-corrected chi connectivity index (χ3v) is 8.31. The number of aryl methyl sites for hydroxylation is 1. The SMILES string of the molecule is CCc1nc(C(C)n2cc(NC(=O)c3cncc(-c4c(C(F)F)ccc(Cl)c4F)n3)cn2)cnc1N1C[C@H]2CC[C@H]2C1=O. The first-order valence-electron chi connectivity index (χ1n) is 13.8. The van der Waals surface area contributed by atoms with Crippen LogP contribution in [0.2, 0.25) is 5.02 Å². The van der Waals surface area contributed by atoms with Gasteiger partial charge in [0.2, 0.25) is 5.91 Å². The van der Waals surface area contributed by atoms with Crippen LogP contribution in [0.15, 0.2) is 43.1 Å². The molecule has 10 nitrogen and oxygen atoms in total. The van der Waals surface area contributed by atoms with Crippen molar-refractivity contribution in [3.63, 3.8) is 0 Å². The molecule has 6 rings (SSSR count). The van der Waals surface area contributed by atoms with Crippen LogP contribution in [0, 0.1) is 17.7 Å². The van der Waals surface area contributed by atoms with Gasteiger partial charge in [0.25, 0.3) is 12.3 Å². The summed E-state index contributed by atoms with van der Waals surface area (Å²) in [6.07, 6.45) is 6.46. The van der Waals surface area contributed by atoms with Crippen molar-refractivity contribution in [3.05, 3.63) is 76.6 Å². The molecule has 4 heterocycles. The maximum Gasteiger partial charge on any atom is 0.275 e. The first-order chi connectivity index (χ1) is 20.7. The van der Waals surface area contributed by atoms with E-state index in [9.17, 15) is 22.8 Å². The molecule has 14 heteroatoms. The monoisotopic (exact) mass is 610 g/mol. The summed E-state index contributed by atoms with van der Waals surface area (Å²) in [7, 11) is 0. The lowest BCUT2D eigenvalue weighted by molar-refractivity contribution is -0.123. The molecule has 3 aromatic heterocycles. The van der Waals surface area contributed by atoms with Gasteiger partial charge in [-0.1, -0.05) is 24.6 Å². The highest BCUT2D eigenvalue weighted by molar-refractivity contribution is 6.31. The summed E-state index contributed by atoms with van der Waals surface area (Å²) < 4.78 is 43.5. The zero-order valence-electron chi connectivity index (χ0n) is 23.1. The van der Waals surface area contributed by atoms with E-state index >= 15 is 0 Å². The van der Waals surface area contributed by atoms with Crippen LogP contribution in [0.3, 0.4) is 0 Å². The molecule has 0 radical (unpaired) electrons. The van der Waals surface area contributed by atoms with Crippen LogP contribution in [-0.2, 0) is 11.2 Å². The Balaban J connectivity index is 1.19. The topological polar surface area (TPSA) is 119 Å². The average Bonchev–Trinajstić information content (AvgIpc) is 3.54. The molecule has 4 aromatic rings. The summed E-state index contributed by atoms with van der Waals surface area (Å²) in [6.45, 7) is 4.51. The fraction of sp³-hybridized carbons (Fsp3) is 0.345. The number of anilines is 2. The van der Waals surface area contributed by atoms with E-state index in [-0.39, 0.29) is 34.3 Å². The van der Waals surface area contributed by atoms with E-state index in [1.165, 1.54) is 6.20 Å². The Morgan fingerprint density at radius 3 is 2.65 bits per heavy atom. The zero-order chi connectivity index (χ0) is 30.4. The maximum absolute atomic E-state index is 14.7. The molecule has 43 heavy (non-hydrogen) atoms. The normalized spacial score (nSPS) is 18.5. The van der Waals surface area contributed by atoms with Crippen molar-refractivity contribution < 1.29 is 22.8 Å². The number of hydrogen-bond acceptors (Lipinski definition) is 7. The number of benzene rings is 1. The number of nitrogens with zero attached hydrogens (tertiary/aromatic N) is 7. The summed E-state index contributed by atoms with van der Waals surface area (Å²) in [6, 6.07) is 1.68. The minimum absolute atomic E-state index is 0.101. The highest BCUT2D eigenvalue weighted by Gasteiger charge is 2.47. The summed E-state index contributed by atoms with van der Waals surface area (Å²) in [4.78, 5) is 44.9. The van der Waals surface area contributed by atoms with E-state index < -0.39 is 29.3 Å². The number of fused-ring (bicyclic) bond motifs is 1. The molecule has 2 aliphatic rings. The van der Waals surface area contributed by atoms with Gasteiger partial charge in [-0.3, -0.25) is 29.1 Å². The second-order valence-corrected chi connectivity index (χ2v) is 11.0. The van der Waals surface area contributed by atoms with E-state index in [0.29, 0.717) is 36.1 Å². The van der Waals surface area contributed by atoms with E-state index in [4.69, 9.17) is 16.6 Å². The van der Waals surface area contributed by atoms with Gasteiger partial charge in [0, 0.05) is 29.8 Å². The Kier molecular flexibility index (Phi) is 7.59. The molecule has 0 spiro atoms. The molecule has 1 saturated heterocycles. The van der Waals surface area contributed by atoms with Gasteiger partial charge in [0.15, 0.2) is 11.6 Å². The zero-order valence-corrected chi connectivity index (χ0v) is 23.9. The molecule has 222 valence electrons. The molecular formula is C29H26ClF3N8O2. The third kappa shape index (κ3) is 5.22. The van der Waals surface area contributed by atoms with Gasteiger partial charge in [-0.05, 0) is 38.2 Å². The number of hydrogen-bond donors (Lipinski definition) is 1. The number of nitrogens with one attached hydrogen (secondary N) is 1. The lowest BCUT2D eigenvalue weighted by Crippen LogP contribution is -2.30. The van der Waals surface area contributed by atoms with Crippen molar-refractivity contribution in [2.75, 3.05) is 16.8 Å². The molecular weight excluding hydrogens is 585 g/mol. The largest absolute Gasteiger partial charge is 0.318 e. The van der Waals surface area contributed by atoms with E-state index in [1.54, 1.807) is 22.0 Å². The van der Waals surface area contributed by atoms with Gasteiger partial charge in [0.1, 0.15) is 5.69 Å². The van der Waals surface area contributed by atoms with Crippen molar-refractivity contribution in [2.45, 2.75) is 45.6 Å². The first-order valence-corrected chi connectivity index (χ1v) is 14.1.